The summed E-state index contributed by atoms with van der Waals surface area (Å²) in [5.41, 5.74) is 6.01. The number of aromatic amines is 1. The van der Waals surface area contributed by atoms with E-state index in [0.29, 0.717) is 28.9 Å². The monoisotopic (exact) mass is 432 g/mol. The van der Waals surface area contributed by atoms with Crippen LogP contribution in [0.2, 0.25) is 5.02 Å². The summed E-state index contributed by atoms with van der Waals surface area (Å²) < 4.78 is 3.94. The van der Waals surface area contributed by atoms with Crippen molar-refractivity contribution < 1.29 is 0 Å². The molecule has 9 heteroatoms. The molecule has 0 aliphatic heterocycles. The molecular weight excluding hydrogens is 412 g/mol. The second-order valence-electron chi connectivity index (χ2n) is 7.42. The lowest BCUT2D eigenvalue weighted by molar-refractivity contribution is 0.553. The Hall–Kier alpha value is -3.52. The summed E-state index contributed by atoms with van der Waals surface area (Å²) in [6, 6.07) is 16.5. The molecule has 0 aliphatic carbocycles. The molecule has 3 heterocycles. The zero-order valence-electron chi connectivity index (χ0n) is 17.2. The number of tetrazole rings is 1. The lowest BCUT2D eigenvalue weighted by Gasteiger charge is -2.11. The normalized spacial score (nSPS) is 11.5. The third-order valence-electron chi connectivity index (χ3n) is 5.28. The molecule has 0 aliphatic rings. The Morgan fingerprint density at radius 3 is 2.52 bits per heavy atom. The third kappa shape index (κ3) is 3.48. The van der Waals surface area contributed by atoms with Crippen molar-refractivity contribution in [3.05, 3.63) is 70.6 Å². The highest BCUT2D eigenvalue weighted by molar-refractivity contribution is 6.34. The van der Waals surface area contributed by atoms with Crippen molar-refractivity contribution in [1.82, 2.24) is 40.0 Å². The van der Waals surface area contributed by atoms with Gasteiger partial charge < -0.3 is 0 Å². The van der Waals surface area contributed by atoms with E-state index in [1.807, 2.05) is 29.8 Å². The van der Waals surface area contributed by atoms with Crippen LogP contribution in [0, 0.1) is 6.92 Å². The fraction of sp³-hybridized carbons (Fsp3) is 0.227. The van der Waals surface area contributed by atoms with Crippen LogP contribution < -0.4 is 0 Å². The highest BCUT2D eigenvalue weighted by atomic mass is 35.5. The molecule has 1 N–H and O–H groups in total. The fourth-order valence-corrected chi connectivity index (χ4v) is 4.18. The Kier molecular flexibility index (Phi) is 4.99. The summed E-state index contributed by atoms with van der Waals surface area (Å²) >= 11 is 6.63. The second-order valence-corrected chi connectivity index (χ2v) is 7.80. The molecule has 8 nitrogen and oxygen atoms in total. The highest BCUT2D eigenvalue weighted by Crippen LogP contribution is 2.30. The van der Waals surface area contributed by atoms with Gasteiger partial charge in [0.2, 0.25) is 5.82 Å². The van der Waals surface area contributed by atoms with Crippen LogP contribution in [0.5, 0.6) is 0 Å². The highest BCUT2D eigenvalue weighted by Gasteiger charge is 2.19. The largest absolute Gasteiger partial charge is 0.261 e. The van der Waals surface area contributed by atoms with Crippen molar-refractivity contribution in [3.63, 3.8) is 0 Å². The lowest BCUT2D eigenvalue weighted by atomic mass is 9.98. The Bertz CT molecular complexity index is 1330. The maximum atomic E-state index is 6.63. The number of aromatic nitrogens is 8. The molecule has 0 saturated carbocycles. The molecule has 3 aromatic heterocycles. The number of fused-ring (bicyclic) bond motifs is 1. The van der Waals surface area contributed by atoms with Crippen molar-refractivity contribution in [2.45, 2.75) is 33.2 Å². The van der Waals surface area contributed by atoms with Gasteiger partial charge >= 0.3 is 0 Å². The van der Waals surface area contributed by atoms with Gasteiger partial charge in [0, 0.05) is 5.56 Å². The minimum Gasteiger partial charge on any atom is -0.261 e. The van der Waals surface area contributed by atoms with Crippen LogP contribution in [0.1, 0.15) is 30.4 Å². The molecule has 0 unspecified atom stereocenters. The molecule has 0 saturated heterocycles. The SMILES string of the molecule is CCCc1c(Cl)c2nc(C)nn2n1Cc1ccc(-c2ccccc2-c2nn[nH]n2)cc1. The zero-order chi connectivity index (χ0) is 21.4. The standard InChI is InChI=1S/C22H21ClN8/c1-3-6-19-20(23)22-24-14(2)27-31(22)30(19)13-15-9-11-16(12-10-15)17-7-4-5-8-18(17)21-25-28-29-26-21/h4-5,7-12H,3,6,13H2,1-2H3,(H,25,26,28,29). The first kappa shape index (κ1) is 19.4. The van der Waals surface area contributed by atoms with Gasteiger partial charge in [-0.15, -0.1) is 19.9 Å². The van der Waals surface area contributed by atoms with Crippen LogP contribution in [0.3, 0.4) is 0 Å². The molecular formula is C22H21ClN8. The molecule has 156 valence electrons. The molecule has 5 rings (SSSR count). The van der Waals surface area contributed by atoms with E-state index in [-0.39, 0.29) is 0 Å². The number of rotatable bonds is 6. The number of hydrogen-bond acceptors (Lipinski definition) is 5. The number of H-pyrrole nitrogens is 1. The van der Waals surface area contributed by atoms with Crippen LogP contribution in [0.4, 0.5) is 0 Å². The lowest BCUT2D eigenvalue weighted by Crippen LogP contribution is -2.12. The van der Waals surface area contributed by atoms with Crippen molar-refractivity contribution >= 4 is 17.2 Å². The van der Waals surface area contributed by atoms with Gasteiger partial charge in [-0.1, -0.05) is 73.5 Å². The third-order valence-corrected chi connectivity index (χ3v) is 5.67. The molecule has 0 spiro atoms. The number of halogens is 1. The van der Waals surface area contributed by atoms with E-state index in [0.717, 1.165) is 40.8 Å². The molecule has 2 aromatic carbocycles. The molecule has 31 heavy (non-hydrogen) atoms. The maximum Gasteiger partial charge on any atom is 0.205 e. The van der Waals surface area contributed by atoms with E-state index in [1.54, 1.807) is 0 Å². The van der Waals surface area contributed by atoms with E-state index in [9.17, 15) is 0 Å². The minimum atomic E-state index is 0.579. The van der Waals surface area contributed by atoms with E-state index in [4.69, 9.17) is 11.6 Å². The zero-order valence-corrected chi connectivity index (χ0v) is 18.0. The van der Waals surface area contributed by atoms with Gasteiger partial charge in [0.1, 0.15) is 10.8 Å². The molecule has 0 fully saturated rings. The Morgan fingerprint density at radius 2 is 1.81 bits per heavy atom. The van der Waals surface area contributed by atoms with E-state index < -0.39 is 0 Å². The first-order valence-corrected chi connectivity index (χ1v) is 10.6. The Labute approximate surface area is 183 Å². The first-order chi connectivity index (χ1) is 15.2. The summed E-state index contributed by atoms with van der Waals surface area (Å²) in [4.78, 5) is 4.49. The molecule has 0 radical (unpaired) electrons. The number of nitrogens with one attached hydrogen (secondary N) is 1. The van der Waals surface area contributed by atoms with Crippen LogP contribution in [-0.2, 0) is 13.0 Å². The van der Waals surface area contributed by atoms with Crippen LogP contribution >= 0.6 is 11.6 Å². The second kappa shape index (κ2) is 7.96. The summed E-state index contributed by atoms with van der Waals surface area (Å²) in [7, 11) is 0. The number of benzene rings is 2. The van der Waals surface area contributed by atoms with Gasteiger partial charge in [0.05, 0.1) is 12.2 Å². The van der Waals surface area contributed by atoms with Crippen molar-refractivity contribution in [1.29, 1.82) is 0 Å². The van der Waals surface area contributed by atoms with Gasteiger partial charge in [-0.2, -0.15) is 5.21 Å². The molecule has 0 bridgehead atoms. The minimum absolute atomic E-state index is 0.579. The van der Waals surface area contributed by atoms with Crippen molar-refractivity contribution in [2.24, 2.45) is 0 Å². The predicted octanol–water partition coefficient (Wildman–Crippen LogP) is 4.34. The first-order valence-electron chi connectivity index (χ1n) is 10.2. The van der Waals surface area contributed by atoms with E-state index in [2.05, 4.69) is 72.6 Å². The summed E-state index contributed by atoms with van der Waals surface area (Å²) in [5.74, 6) is 1.29. The predicted molar refractivity (Wildman–Crippen MR) is 119 cm³/mol. The molecule has 5 aromatic rings. The Morgan fingerprint density at radius 1 is 1.03 bits per heavy atom. The summed E-state index contributed by atoms with van der Waals surface area (Å²) in [5, 5.41) is 19.7. The van der Waals surface area contributed by atoms with Crippen molar-refractivity contribution in [2.75, 3.05) is 0 Å². The van der Waals surface area contributed by atoms with Crippen LogP contribution in [-0.4, -0.2) is 40.0 Å². The van der Waals surface area contributed by atoms with Crippen LogP contribution in [0.25, 0.3) is 28.2 Å². The van der Waals surface area contributed by atoms with Gasteiger partial charge in [-0.05, 0) is 35.2 Å². The average molecular weight is 433 g/mol. The number of aryl methyl sites for hydroxylation is 1. The fourth-order valence-electron chi connectivity index (χ4n) is 3.87. The smallest absolute Gasteiger partial charge is 0.205 e. The van der Waals surface area contributed by atoms with Gasteiger partial charge in [0.25, 0.3) is 0 Å². The van der Waals surface area contributed by atoms with E-state index >= 15 is 0 Å². The van der Waals surface area contributed by atoms with E-state index in [1.165, 1.54) is 0 Å². The molecule has 0 amide bonds. The van der Waals surface area contributed by atoms with Gasteiger partial charge in [-0.3, -0.25) is 4.68 Å². The number of hydrogen-bond donors (Lipinski definition) is 1. The molecule has 0 atom stereocenters. The van der Waals surface area contributed by atoms with Crippen LogP contribution in [0.15, 0.2) is 48.5 Å². The summed E-state index contributed by atoms with van der Waals surface area (Å²) in [6.45, 7) is 4.68. The Balaban J connectivity index is 1.50. The van der Waals surface area contributed by atoms with Gasteiger partial charge in [-0.25, -0.2) is 4.98 Å². The number of nitrogens with zero attached hydrogens (tertiary/aromatic N) is 7. The summed E-state index contributed by atoms with van der Waals surface area (Å²) in [6.07, 6.45) is 1.87. The average Bonchev–Trinajstić information content (AvgIpc) is 3.50. The topological polar surface area (TPSA) is 89.6 Å². The quantitative estimate of drug-likeness (QED) is 0.431. The van der Waals surface area contributed by atoms with Crippen molar-refractivity contribution in [3.8, 4) is 22.5 Å². The van der Waals surface area contributed by atoms with Gasteiger partial charge in [0.15, 0.2) is 5.65 Å². The maximum absolute atomic E-state index is 6.63.